The van der Waals surface area contributed by atoms with E-state index in [1.54, 1.807) is 0 Å². The average molecular weight is 503 g/mol. The molecule has 0 spiro atoms. The first-order chi connectivity index (χ1) is 18.8. The lowest BCUT2D eigenvalue weighted by molar-refractivity contribution is 1.20. The number of hydrogen-bond acceptors (Lipinski definition) is 2. The van der Waals surface area contributed by atoms with Gasteiger partial charge in [0.25, 0.3) is 0 Å². The van der Waals surface area contributed by atoms with Gasteiger partial charge in [0.1, 0.15) is 0 Å². The summed E-state index contributed by atoms with van der Waals surface area (Å²) in [5.74, 6) is 0. The lowest BCUT2D eigenvalue weighted by atomic mass is 10.0. The van der Waals surface area contributed by atoms with Gasteiger partial charge in [-0.25, -0.2) is 0 Å². The minimum Gasteiger partial charge on any atom is -0.308 e. The fourth-order valence-corrected chi connectivity index (χ4v) is 6.93. The lowest BCUT2D eigenvalue weighted by Crippen LogP contribution is -1.94. The molecule has 0 amide bonds. The zero-order chi connectivity index (χ0) is 25.1. The molecule has 2 nitrogen and oxygen atoms in total. The molecule has 0 radical (unpaired) electrons. The van der Waals surface area contributed by atoms with E-state index in [-0.39, 0.29) is 0 Å². The quantitative estimate of drug-likeness (QED) is 0.235. The summed E-state index contributed by atoms with van der Waals surface area (Å²) in [4.78, 5) is 4.21. The summed E-state index contributed by atoms with van der Waals surface area (Å²) in [5.41, 5.74) is 8.49. The second-order valence-electron chi connectivity index (χ2n) is 9.65. The zero-order valence-corrected chi connectivity index (χ0v) is 21.3. The topological polar surface area (TPSA) is 17.8 Å². The van der Waals surface area contributed by atoms with Gasteiger partial charge in [0.05, 0.1) is 21.4 Å². The first-order valence-electron chi connectivity index (χ1n) is 12.8. The van der Waals surface area contributed by atoms with Crippen LogP contribution in [0, 0.1) is 0 Å². The Hall–Kier alpha value is -4.73. The van der Waals surface area contributed by atoms with E-state index in [2.05, 4.69) is 131 Å². The van der Waals surface area contributed by atoms with Crippen LogP contribution in [0.1, 0.15) is 0 Å². The highest BCUT2D eigenvalue weighted by molar-refractivity contribution is 7.26. The monoisotopic (exact) mass is 502 g/mol. The van der Waals surface area contributed by atoms with Gasteiger partial charge in [-0.15, -0.1) is 11.3 Å². The van der Waals surface area contributed by atoms with Crippen molar-refractivity contribution in [3.63, 3.8) is 0 Å². The smallest absolute Gasteiger partial charge is 0.0640 e. The van der Waals surface area contributed by atoms with E-state index in [0.29, 0.717) is 0 Å². The number of aromatic nitrogens is 2. The van der Waals surface area contributed by atoms with E-state index in [9.17, 15) is 0 Å². The second-order valence-corrected chi connectivity index (χ2v) is 10.7. The van der Waals surface area contributed by atoms with Crippen molar-refractivity contribution in [2.24, 2.45) is 0 Å². The van der Waals surface area contributed by atoms with Crippen LogP contribution >= 0.6 is 11.3 Å². The zero-order valence-electron chi connectivity index (χ0n) is 20.5. The third-order valence-corrected chi connectivity index (χ3v) is 8.72. The molecule has 3 heterocycles. The number of hydrogen-bond donors (Lipinski definition) is 0. The lowest BCUT2D eigenvalue weighted by Gasteiger charge is -2.11. The first kappa shape index (κ1) is 21.4. The molecule has 0 saturated heterocycles. The molecule has 0 bridgehead atoms. The molecule has 0 saturated carbocycles. The third kappa shape index (κ3) is 3.22. The molecule has 8 rings (SSSR count). The minimum atomic E-state index is 1.18. The Balaban J connectivity index is 1.48. The Morgan fingerprint density at radius 1 is 0.474 bits per heavy atom. The molecular weight excluding hydrogens is 480 g/mol. The maximum Gasteiger partial charge on any atom is 0.0640 e. The van der Waals surface area contributed by atoms with Crippen LogP contribution in [0.15, 0.2) is 134 Å². The molecule has 38 heavy (non-hydrogen) atoms. The standard InChI is InChI=1S/C35H22N2S/c1-2-7-23(8-3-1)26-13-15-27-30-21-25(24-17-19-36-20-18-24)14-16-31(30)37(33(27)22-26)32-11-6-10-29-28-9-4-5-12-34(28)38-35(29)32/h1-22H. The van der Waals surface area contributed by atoms with E-state index >= 15 is 0 Å². The van der Waals surface area contributed by atoms with Crippen LogP contribution in [0.3, 0.4) is 0 Å². The Bertz CT molecular complexity index is 2120. The Kier molecular flexibility index (Phi) is 4.73. The largest absolute Gasteiger partial charge is 0.308 e. The van der Waals surface area contributed by atoms with Crippen LogP contribution in [0.4, 0.5) is 0 Å². The van der Waals surface area contributed by atoms with Crippen molar-refractivity contribution in [2.75, 3.05) is 0 Å². The van der Waals surface area contributed by atoms with Crippen LogP contribution in [0.5, 0.6) is 0 Å². The Morgan fingerprint density at radius 2 is 1.21 bits per heavy atom. The highest BCUT2D eigenvalue weighted by Crippen LogP contribution is 2.42. The molecule has 178 valence electrons. The van der Waals surface area contributed by atoms with Crippen molar-refractivity contribution in [1.82, 2.24) is 9.55 Å². The number of rotatable bonds is 3. The fourth-order valence-electron chi connectivity index (χ4n) is 5.72. The van der Waals surface area contributed by atoms with Gasteiger partial charge in [-0.2, -0.15) is 0 Å². The predicted octanol–water partition coefficient (Wildman–Crippen LogP) is 9.88. The second kappa shape index (κ2) is 8.41. The molecule has 0 aliphatic rings. The molecule has 0 unspecified atom stereocenters. The molecule has 8 aromatic rings. The van der Waals surface area contributed by atoms with E-state index in [4.69, 9.17) is 0 Å². The van der Waals surface area contributed by atoms with Gasteiger partial charge in [-0.1, -0.05) is 78.9 Å². The SMILES string of the molecule is c1ccc(-c2ccc3c4cc(-c5ccncc5)ccc4n(-c4cccc5c4sc4ccccc45)c3c2)cc1. The summed E-state index contributed by atoms with van der Waals surface area (Å²) < 4.78 is 5.10. The van der Waals surface area contributed by atoms with Gasteiger partial charge in [0, 0.05) is 38.6 Å². The predicted molar refractivity (Wildman–Crippen MR) is 162 cm³/mol. The molecule has 0 aliphatic carbocycles. The van der Waals surface area contributed by atoms with Crippen molar-refractivity contribution in [2.45, 2.75) is 0 Å². The minimum absolute atomic E-state index is 1.18. The number of thiophene rings is 1. The summed E-state index contributed by atoms with van der Waals surface area (Å²) in [6, 6.07) is 44.0. The van der Waals surface area contributed by atoms with Crippen molar-refractivity contribution >= 4 is 53.3 Å². The van der Waals surface area contributed by atoms with Gasteiger partial charge in [-0.05, 0) is 64.7 Å². The maximum atomic E-state index is 4.21. The molecule has 0 atom stereocenters. The van der Waals surface area contributed by atoms with Gasteiger partial charge in [0.15, 0.2) is 0 Å². The molecule has 3 aromatic heterocycles. The number of fused-ring (bicyclic) bond motifs is 6. The average Bonchev–Trinajstić information content (AvgIpc) is 3.53. The molecule has 3 heteroatoms. The molecule has 0 N–H and O–H groups in total. The molecule has 0 aliphatic heterocycles. The Morgan fingerprint density at radius 3 is 2.11 bits per heavy atom. The highest BCUT2D eigenvalue weighted by Gasteiger charge is 2.17. The highest BCUT2D eigenvalue weighted by atomic mass is 32.1. The first-order valence-corrected chi connectivity index (χ1v) is 13.6. The normalized spacial score (nSPS) is 11.7. The summed E-state index contributed by atoms with van der Waals surface area (Å²) in [5, 5.41) is 5.14. The maximum absolute atomic E-state index is 4.21. The van der Waals surface area contributed by atoms with Crippen molar-refractivity contribution < 1.29 is 0 Å². The van der Waals surface area contributed by atoms with E-state index < -0.39 is 0 Å². The Labute approximate surface area is 224 Å². The van der Waals surface area contributed by atoms with Crippen molar-refractivity contribution in [3.05, 3.63) is 134 Å². The van der Waals surface area contributed by atoms with E-state index in [0.717, 1.165) is 0 Å². The summed E-state index contributed by atoms with van der Waals surface area (Å²) in [6.07, 6.45) is 3.72. The summed E-state index contributed by atoms with van der Waals surface area (Å²) in [6.45, 7) is 0. The number of pyridine rings is 1. The number of nitrogens with zero attached hydrogens (tertiary/aromatic N) is 2. The van der Waals surface area contributed by atoms with Gasteiger partial charge < -0.3 is 4.57 Å². The van der Waals surface area contributed by atoms with Crippen LogP contribution in [-0.2, 0) is 0 Å². The van der Waals surface area contributed by atoms with Crippen molar-refractivity contribution in [1.29, 1.82) is 0 Å². The molecule has 5 aromatic carbocycles. The molecule has 0 fully saturated rings. The van der Waals surface area contributed by atoms with Crippen LogP contribution in [-0.4, -0.2) is 9.55 Å². The van der Waals surface area contributed by atoms with Crippen LogP contribution in [0.2, 0.25) is 0 Å². The third-order valence-electron chi connectivity index (χ3n) is 7.51. The van der Waals surface area contributed by atoms with Gasteiger partial charge >= 0.3 is 0 Å². The van der Waals surface area contributed by atoms with Gasteiger partial charge in [-0.3, -0.25) is 4.98 Å². The van der Waals surface area contributed by atoms with Gasteiger partial charge in [0.2, 0.25) is 0 Å². The molecular formula is C35H22N2S. The van der Waals surface area contributed by atoms with Crippen molar-refractivity contribution in [3.8, 4) is 27.9 Å². The van der Waals surface area contributed by atoms with Crippen LogP contribution in [0.25, 0.3) is 69.9 Å². The fraction of sp³-hybridized carbons (Fsp3) is 0. The summed E-state index contributed by atoms with van der Waals surface area (Å²) >= 11 is 1.88. The van der Waals surface area contributed by atoms with Crippen LogP contribution < -0.4 is 0 Å². The number of benzene rings is 5. The van der Waals surface area contributed by atoms with E-state index in [1.807, 2.05) is 23.7 Å². The van der Waals surface area contributed by atoms with E-state index in [1.165, 1.54) is 69.9 Å². The summed E-state index contributed by atoms with van der Waals surface area (Å²) in [7, 11) is 0.